The molecule has 2 fully saturated rings. The van der Waals surface area contributed by atoms with Gasteiger partial charge < -0.3 is 4.90 Å². The van der Waals surface area contributed by atoms with Gasteiger partial charge >= 0.3 is 0 Å². The van der Waals surface area contributed by atoms with Crippen molar-refractivity contribution in [2.75, 3.05) is 18.1 Å². The molecule has 2 rings (SSSR count). The molecule has 0 spiro atoms. The van der Waals surface area contributed by atoms with Crippen LogP contribution in [0.1, 0.15) is 52.4 Å². The van der Waals surface area contributed by atoms with E-state index in [0.29, 0.717) is 13.0 Å². The summed E-state index contributed by atoms with van der Waals surface area (Å²) in [5, 5.41) is 3.45. The van der Waals surface area contributed by atoms with Crippen molar-refractivity contribution in [1.29, 1.82) is 0 Å². The molecule has 0 aromatic rings. The summed E-state index contributed by atoms with van der Waals surface area (Å²) in [4.78, 5) is 14.5. The van der Waals surface area contributed by atoms with E-state index in [1.54, 1.807) is 0 Å². The fourth-order valence-electron chi connectivity index (χ4n) is 3.39. The summed E-state index contributed by atoms with van der Waals surface area (Å²) in [6.07, 6.45) is 5.77. The second kappa shape index (κ2) is 7.09. The van der Waals surface area contributed by atoms with Gasteiger partial charge in [0.05, 0.1) is 23.7 Å². The molecule has 122 valence electrons. The zero-order chi connectivity index (χ0) is 15.5. The van der Waals surface area contributed by atoms with E-state index in [0.717, 1.165) is 32.1 Å². The summed E-state index contributed by atoms with van der Waals surface area (Å²) in [6, 6.07) is -0.0699. The van der Waals surface area contributed by atoms with E-state index in [9.17, 15) is 13.2 Å². The van der Waals surface area contributed by atoms with E-state index in [4.69, 9.17) is 0 Å². The molecule has 2 aliphatic heterocycles. The Bertz CT molecular complexity index is 464. The van der Waals surface area contributed by atoms with Crippen LogP contribution in [-0.2, 0) is 14.6 Å². The molecule has 21 heavy (non-hydrogen) atoms. The number of rotatable bonds is 7. The minimum Gasteiger partial charge on any atom is -0.325 e. The highest BCUT2D eigenvalue weighted by Crippen LogP contribution is 2.25. The number of amides is 1. The molecule has 1 N–H and O–H groups in total. The highest BCUT2D eigenvalue weighted by molar-refractivity contribution is 7.91. The Hall–Kier alpha value is -0.620. The molecule has 3 atom stereocenters. The van der Waals surface area contributed by atoms with E-state index >= 15 is 0 Å². The molecule has 6 heteroatoms. The molecule has 2 heterocycles. The minimum atomic E-state index is -2.87. The van der Waals surface area contributed by atoms with Gasteiger partial charge in [0.25, 0.3) is 0 Å². The summed E-state index contributed by atoms with van der Waals surface area (Å²) in [5.74, 6) is 0.816. The fraction of sp³-hybridized carbons (Fsp3) is 0.933. The lowest BCUT2D eigenvalue weighted by Crippen LogP contribution is -2.40. The second-order valence-electron chi connectivity index (χ2n) is 6.43. The number of sulfone groups is 1. The Kier molecular flexibility index (Phi) is 5.66. The highest BCUT2D eigenvalue weighted by Gasteiger charge is 2.40. The number of nitrogens with one attached hydrogen (secondary N) is 1. The van der Waals surface area contributed by atoms with Crippen LogP contribution in [0.4, 0.5) is 0 Å². The van der Waals surface area contributed by atoms with Gasteiger partial charge in [0.2, 0.25) is 5.91 Å². The topological polar surface area (TPSA) is 66.5 Å². The van der Waals surface area contributed by atoms with Crippen LogP contribution in [0.5, 0.6) is 0 Å². The minimum absolute atomic E-state index is 0.0699. The Morgan fingerprint density at radius 1 is 1.24 bits per heavy atom. The van der Waals surface area contributed by atoms with Gasteiger partial charge in [-0.2, -0.15) is 0 Å². The van der Waals surface area contributed by atoms with E-state index < -0.39 is 9.84 Å². The smallest absolute Gasteiger partial charge is 0.241 e. The van der Waals surface area contributed by atoms with Gasteiger partial charge in [0.1, 0.15) is 0 Å². The van der Waals surface area contributed by atoms with Crippen molar-refractivity contribution >= 4 is 15.7 Å². The third kappa shape index (κ3) is 4.19. The first kappa shape index (κ1) is 16.7. The lowest BCUT2D eigenvalue weighted by atomic mass is 10.1. The average molecular weight is 316 g/mol. The number of carbonyl (C=O) groups excluding carboxylic acids is 1. The molecular formula is C15H28N2O3S. The predicted octanol–water partition coefficient (Wildman–Crippen LogP) is 1.54. The SMILES string of the molecule is CCCCC1NC(CCC)N(CC2CCS(=O)(=O)C2)C1=O. The highest BCUT2D eigenvalue weighted by atomic mass is 32.2. The molecule has 0 aromatic carbocycles. The van der Waals surface area contributed by atoms with Crippen LogP contribution in [0.25, 0.3) is 0 Å². The lowest BCUT2D eigenvalue weighted by molar-refractivity contribution is -0.130. The standard InChI is InChI=1S/C15H28N2O3S/c1-3-5-7-13-15(18)17(14(16-13)6-4-2)10-12-8-9-21(19,20)11-12/h12-14,16H,3-11H2,1-2H3. The van der Waals surface area contributed by atoms with Crippen molar-refractivity contribution in [3.05, 3.63) is 0 Å². The largest absolute Gasteiger partial charge is 0.325 e. The molecular weight excluding hydrogens is 288 g/mol. The Morgan fingerprint density at radius 3 is 2.57 bits per heavy atom. The predicted molar refractivity (Wildman–Crippen MR) is 83.6 cm³/mol. The van der Waals surface area contributed by atoms with Crippen LogP contribution in [0, 0.1) is 5.92 Å². The zero-order valence-corrected chi connectivity index (χ0v) is 14.0. The van der Waals surface area contributed by atoms with E-state index in [1.165, 1.54) is 0 Å². The molecule has 2 aliphatic rings. The van der Waals surface area contributed by atoms with Crippen LogP contribution in [0.2, 0.25) is 0 Å². The fourth-order valence-corrected chi connectivity index (χ4v) is 5.24. The first-order chi connectivity index (χ1) is 9.96. The van der Waals surface area contributed by atoms with Crippen LogP contribution in [-0.4, -0.2) is 49.5 Å². The lowest BCUT2D eigenvalue weighted by Gasteiger charge is -2.26. The molecule has 0 aromatic heterocycles. The van der Waals surface area contributed by atoms with Gasteiger partial charge in [-0.05, 0) is 25.2 Å². The third-order valence-electron chi connectivity index (χ3n) is 4.54. The Labute approximate surface area is 128 Å². The zero-order valence-electron chi connectivity index (χ0n) is 13.2. The quantitative estimate of drug-likeness (QED) is 0.773. The summed E-state index contributed by atoms with van der Waals surface area (Å²) in [7, 11) is -2.87. The summed E-state index contributed by atoms with van der Waals surface area (Å²) >= 11 is 0. The number of nitrogens with zero attached hydrogens (tertiary/aromatic N) is 1. The first-order valence-electron chi connectivity index (χ1n) is 8.23. The summed E-state index contributed by atoms with van der Waals surface area (Å²) in [5.41, 5.74) is 0. The summed E-state index contributed by atoms with van der Waals surface area (Å²) < 4.78 is 23.2. The normalized spacial score (nSPS) is 32.0. The van der Waals surface area contributed by atoms with E-state index in [-0.39, 0.29) is 35.5 Å². The molecule has 3 unspecified atom stereocenters. The van der Waals surface area contributed by atoms with Crippen molar-refractivity contribution in [2.24, 2.45) is 5.92 Å². The number of carbonyl (C=O) groups is 1. The number of hydrogen-bond acceptors (Lipinski definition) is 4. The first-order valence-corrected chi connectivity index (χ1v) is 10.1. The van der Waals surface area contributed by atoms with Gasteiger partial charge in [-0.1, -0.05) is 33.1 Å². The molecule has 5 nitrogen and oxygen atoms in total. The van der Waals surface area contributed by atoms with E-state index in [2.05, 4.69) is 19.2 Å². The maximum atomic E-state index is 12.6. The maximum Gasteiger partial charge on any atom is 0.241 e. The van der Waals surface area contributed by atoms with E-state index in [1.807, 2.05) is 4.90 Å². The average Bonchev–Trinajstić information content (AvgIpc) is 2.91. The van der Waals surface area contributed by atoms with Crippen LogP contribution < -0.4 is 5.32 Å². The van der Waals surface area contributed by atoms with Crippen molar-refractivity contribution in [3.63, 3.8) is 0 Å². The second-order valence-corrected chi connectivity index (χ2v) is 8.65. The Balaban J connectivity index is 1.99. The molecule has 0 aliphatic carbocycles. The molecule has 1 amide bonds. The monoisotopic (exact) mass is 316 g/mol. The van der Waals surface area contributed by atoms with Crippen molar-refractivity contribution < 1.29 is 13.2 Å². The maximum absolute atomic E-state index is 12.6. The van der Waals surface area contributed by atoms with Crippen molar-refractivity contribution in [2.45, 2.75) is 64.6 Å². The van der Waals surface area contributed by atoms with Gasteiger partial charge in [0, 0.05) is 6.54 Å². The molecule has 0 saturated carbocycles. The van der Waals surface area contributed by atoms with Gasteiger partial charge in [-0.25, -0.2) is 8.42 Å². The van der Waals surface area contributed by atoms with Crippen molar-refractivity contribution in [1.82, 2.24) is 10.2 Å². The van der Waals surface area contributed by atoms with Gasteiger partial charge in [0.15, 0.2) is 9.84 Å². The number of unbranched alkanes of at least 4 members (excludes halogenated alkanes) is 1. The third-order valence-corrected chi connectivity index (χ3v) is 6.38. The molecule has 0 radical (unpaired) electrons. The van der Waals surface area contributed by atoms with Gasteiger partial charge in [-0.3, -0.25) is 10.1 Å². The van der Waals surface area contributed by atoms with Crippen LogP contribution in [0.15, 0.2) is 0 Å². The van der Waals surface area contributed by atoms with Crippen LogP contribution in [0.3, 0.4) is 0 Å². The van der Waals surface area contributed by atoms with Crippen molar-refractivity contribution in [3.8, 4) is 0 Å². The summed E-state index contributed by atoms with van der Waals surface area (Å²) in [6.45, 7) is 4.84. The van der Waals surface area contributed by atoms with Crippen LogP contribution >= 0.6 is 0 Å². The Morgan fingerprint density at radius 2 is 2.00 bits per heavy atom. The van der Waals surface area contributed by atoms with Gasteiger partial charge in [-0.15, -0.1) is 0 Å². The number of hydrogen-bond donors (Lipinski definition) is 1. The molecule has 2 saturated heterocycles. The molecule has 0 bridgehead atoms.